The van der Waals surface area contributed by atoms with E-state index in [9.17, 15) is 18.3 Å². The quantitative estimate of drug-likeness (QED) is 0.266. The molecule has 15 heteroatoms. The fourth-order valence-electron chi connectivity index (χ4n) is 4.29. The Morgan fingerprint density at radius 2 is 1.64 bits per heavy atom. The van der Waals surface area contributed by atoms with Gasteiger partial charge in [0.1, 0.15) is 29.4 Å². The minimum Gasteiger partial charge on any atom is -0.497 e. The van der Waals surface area contributed by atoms with E-state index < -0.39 is 12.1 Å². The van der Waals surface area contributed by atoms with Crippen LogP contribution in [0.4, 0.5) is 25.1 Å². The molecule has 0 aliphatic carbocycles. The molecular weight excluding hydrogens is 561 g/mol. The Balaban J connectivity index is 0.000000517. The van der Waals surface area contributed by atoms with Crippen LogP contribution in [0.5, 0.6) is 23.1 Å². The number of aromatic nitrogens is 4. The smallest absolute Gasteiger partial charge is 0.490 e. The summed E-state index contributed by atoms with van der Waals surface area (Å²) in [6, 6.07) is 9.03. The Morgan fingerprint density at radius 1 is 0.976 bits per heavy atom. The minimum atomic E-state index is -5.08. The van der Waals surface area contributed by atoms with E-state index in [0.29, 0.717) is 46.2 Å². The van der Waals surface area contributed by atoms with Crippen LogP contribution in [0.2, 0.25) is 0 Å². The number of alkyl halides is 3. The van der Waals surface area contributed by atoms with Gasteiger partial charge in [0, 0.05) is 18.0 Å². The summed E-state index contributed by atoms with van der Waals surface area (Å²) >= 11 is 0. The summed E-state index contributed by atoms with van der Waals surface area (Å²) in [5, 5.41) is 22.0. The molecule has 1 aliphatic heterocycles. The van der Waals surface area contributed by atoms with E-state index in [4.69, 9.17) is 24.1 Å². The maximum Gasteiger partial charge on any atom is 0.490 e. The Labute approximate surface area is 238 Å². The fourth-order valence-corrected chi connectivity index (χ4v) is 4.29. The Morgan fingerprint density at radius 3 is 2.29 bits per heavy atom. The standard InChI is InChI=1S/C25H28N6O4.C2HF3O2/c1-15-18-13-17(33-2)14-21(34-3)22(18)28-24(26-15)30-25-27-20-7-6-16(12-19(20)23(32)29-25)35-11-10-31-8-4-5-9-31;3-2(4,5)1(6)7/h6-7,12-14H,4-5,8-11H2,1-3H3,(H2,26,27,28,29,30,32);(H,6,7). The number of nitrogens with zero attached hydrogens (tertiary/aromatic N) is 5. The number of aliphatic carboxylic acids is 1. The number of fused-ring (bicyclic) bond motifs is 2. The van der Waals surface area contributed by atoms with Crippen molar-refractivity contribution in [2.24, 2.45) is 0 Å². The van der Waals surface area contributed by atoms with E-state index in [0.717, 1.165) is 30.7 Å². The first kappa shape index (κ1) is 30.3. The van der Waals surface area contributed by atoms with Crippen molar-refractivity contribution in [2.75, 3.05) is 45.8 Å². The first-order chi connectivity index (χ1) is 20.0. The van der Waals surface area contributed by atoms with Gasteiger partial charge in [-0.25, -0.2) is 19.7 Å². The van der Waals surface area contributed by atoms with Crippen molar-refractivity contribution < 1.29 is 42.4 Å². The third-order valence-corrected chi connectivity index (χ3v) is 6.37. The van der Waals surface area contributed by atoms with Gasteiger partial charge in [0.05, 0.1) is 30.8 Å². The zero-order valence-corrected chi connectivity index (χ0v) is 23.0. The molecule has 0 spiro atoms. The molecule has 1 aliphatic rings. The van der Waals surface area contributed by atoms with E-state index in [1.54, 1.807) is 32.4 Å². The third kappa shape index (κ3) is 7.34. The number of carbonyl (C=O) groups is 1. The summed E-state index contributed by atoms with van der Waals surface area (Å²) in [5.41, 5.74) is 1.94. The number of hydrogen-bond acceptors (Lipinski definition) is 11. The normalized spacial score (nSPS) is 13.5. The van der Waals surface area contributed by atoms with E-state index in [2.05, 4.69) is 30.2 Å². The lowest BCUT2D eigenvalue weighted by molar-refractivity contribution is -0.192. The van der Waals surface area contributed by atoms with Gasteiger partial charge in [0.15, 0.2) is 0 Å². The number of rotatable bonds is 8. The van der Waals surface area contributed by atoms with E-state index in [-0.39, 0.29) is 11.8 Å². The van der Waals surface area contributed by atoms with Gasteiger partial charge >= 0.3 is 12.1 Å². The van der Waals surface area contributed by atoms with Gasteiger partial charge in [-0.05, 0) is 57.1 Å². The molecule has 0 saturated carbocycles. The maximum atomic E-state index is 10.6. The fraction of sp³-hybridized carbons (Fsp3) is 0.370. The molecule has 1 fully saturated rings. The molecule has 4 aromatic rings. The van der Waals surface area contributed by atoms with Crippen LogP contribution in [-0.2, 0) is 4.79 Å². The van der Waals surface area contributed by atoms with Crippen LogP contribution >= 0.6 is 0 Å². The molecular formula is C27H29F3N6O6. The van der Waals surface area contributed by atoms with Gasteiger partial charge in [-0.1, -0.05) is 0 Å². The van der Waals surface area contributed by atoms with E-state index in [1.807, 2.05) is 19.1 Å². The summed E-state index contributed by atoms with van der Waals surface area (Å²) in [5.74, 6) is -0.540. The molecule has 0 bridgehead atoms. The molecule has 0 amide bonds. The second-order valence-electron chi connectivity index (χ2n) is 9.23. The predicted molar refractivity (Wildman–Crippen MR) is 147 cm³/mol. The van der Waals surface area contributed by atoms with Crippen LogP contribution in [0.3, 0.4) is 0 Å². The van der Waals surface area contributed by atoms with Crippen molar-refractivity contribution in [3.8, 4) is 23.1 Å². The number of ether oxygens (including phenoxy) is 3. The van der Waals surface area contributed by atoms with Crippen LogP contribution in [0.25, 0.3) is 21.8 Å². The van der Waals surface area contributed by atoms with Crippen LogP contribution in [0, 0.1) is 6.92 Å². The third-order valence-electron chi connectivity index (χ3n) is 6.37. The van der Waals surface area contributed by atoms with Crippen LogP contribution in [-0.4, -0.2) is 87.7 Å². The molecule has 5 rings (SSSR count). The van der Waals surface area contributed by atoms with Crippen molar-refractivity contribution in [3.63, 3.8) is 0 Å². The second kappa shape index (κ2) is 12.9. The highest BCUT2D eigenvalue weighted by Crippen LogP contribution is 2.33. The van der Waals surface area contributed by atoms with Gasteiger partial charge in [-0.3, -0.25) is 10.2 Å². The zero-order chi connectivity index (χ0) is 30.4. The van der Waals surface area contributed by atoms with E-state index in [1.165, 1.54) is 12.8 Å². The van der Waals surface area contributed by atoms with Gasteiger partial charge in [-0.15, -0.1) is 0 Å². The summed E-state index contributed by atoms with van der Waals surface area (Å²) in [6.45, 7) is 5.63. The van der Waals surface area contributed by atoms with Gasteiger partial charge in [-0.2, -0.15) is 18.2 Å². The van der Waals surface area contributed by atoms with E-state index >= 15 is 0 Å². The molecule has 42 heavy (non-hydrogen) atoms. The van der Waals surface area contributed by atoms with Crippen molar-refractivity contribution >= 4 is 39.7 Å². The topological polar surface area (TPSA) is 152 Å². The number of aromatic hydroxyl groups is 1. The summed E-state index contributed by atoms with van der Waals surface area (Å²) < 4.78 is 48.5. The number of nitrogens with one attached hydrogen (secondary N) is 1. The molecule has 3 heterocycles. The summed E-state index contributed by atoms with van der Waals surface area (Å²) in [4.78, 5) is 29.1. The highest BCUT2D eigenvalue weighted by molar-refractivity contribution is 5.89. The van der Waals surface area contributed by atoms with Gasteiger partial charge in [0.2, 0.25) is 17.8 Å². The number of halogens is 3. The molecule has 1 saturated heterocycles. The van der Waals surface area contributed by atoms with Crippen LogP contribution in [0.1, 0.15) is 18.5 Å². The number of carboxylic acids is 1. The second-order valence-corrected chi connectivity index (χ2v) is 9.23. The number of methoxy groups -OCH3 is 2. The summed E-state index contributed by atoms with van der Waals surface area (Å²) in [6.07, 6.45) is -2.58. The lowest BCUT2D eigenvalue weighted by Gasteiger charge is -2.15. The van der Waals surface area contributed by atoms with Crippen molar-refractivity contribution in [1.29, 1.82) is 0 Å². The van der Waals surface area contributed by atoms with Gasteiger partial charge < -0.3 is 24.4 Å². The Kier molecular flexibility index (Phi) is 9.30. The highest BCUT2D eigenvalue weighted by Gasteiger charge is 2.38. The number of anilines is 2. The van der Waals surface area contributed by atoms with Crippen molar-refractivity contribution in [1.82, 2.24) is 24.8 Å². The average Bonchev–Trinajstić information content (AvgIpc) is 3.46. The predicted octanol–water partition coefficient (Wildman–Crippen LogP) is 4.46. The highest BCUT2D eigenvalue weighted by atomic mass is 19.4. The summed E-state index contributed by atoms with van der Waals surface area (Å²) in [7, 11) is 3.17. The monoisotopic (exact) mass is 590 g/mol. The Bertz CT molecular complexity index is 1580. The number of carboxylic acid groups (broad SMARTS) is 1. The molecule has 2 aromatic heterocycles. The molecule has 0 atom stereocenters. The minimum absolute atomic E-state index is 0.151. The maximum absolute atomic E-state index is 10.6. The molecule has 0 radical (unpaired) electrons. The zero-order valence-electron chi connectivity index (χ0n) is 23.0. The Hall–Kier alpha value is -4.66. The number of hydrogen-bond donors (Lipinski definition) is 3. The average molecular weight is 591 g/mol. The lowest BCUT2D eigenvalue weighted by Crippen LogP contribution is -2.25. The molecule has 224 valence electrons. The lowest BCUT2D eigenvalue weighted by atomic mass is 10.1. The first-order valence-electron chi connectivity index (χ1n) is 12.8. The number of likely N-dealkylation sites (tertiary alicyclic amines) is 1. The molecule has 0 unspecified atom stereocenters. The number of benzene rings is 2. The molecule has 3 N–H and O–H groups in total. The SMILES string of the molecule is COc1cc(OC)c2nc(Nc3nc(O)c4cc(OCCN5CCCC5)ccc4n3)nc(C)c2c1.O=C(O)C(F)(F)F. The molecule has 2 aromatic carbocycles. The van der Waals surface area contributed by atoms with Crippen LogP contribution in [0.15, 0.2) is 30.3 Å². The first-order valence-corrected chi connectivity index (χ1v) is 12.8. The largest absolute Gasteiger partial charge is 0.497 e. The van der Waals surface area contributed by atoms with Gasteiger partial charge in [0.25, 0.3) is 0 Å². The number of aryl methyl sites for hydroxylation is 1. The van der Waals surface area contributed by atoms with Crippen molar-refractivity contribution in [2.45, 2.75) is 25.9 Å². The van der Waals surface area contributed by atoms with Crippen LogP contribution < -0.4 is 19.5 Å². The van der Waals surface area contributed by atoms with Crippen molar-refractivity contribution in [3.05, 3.63) is 36.0 Å². The molecule has 12 nitrogen and oxygen atoms in total.